The summed E-state index contributed by atoms with van der Waals surface area (Å²) in [5.74, 6) is -2.42. The first kappa shape index (κ1) is 33.1. The van der Waals surface area contributed by atoms with Gasteiger partial charge in [-0.1, -0.05) is 35.9 Å². The smallest absolute Gasteiger partial charge is 0.339 e. The molecule has 0 saturated carbocycles. The molecule has 5 aromatic rings. The lowest BCUT2D eigenvalue weighted by Gasteiger charge is -2.12. The number of halogens is 1. The van der Waals surface area contributed by atoms with E-state index >= 15 is 0 Å². The second-order valence-corrected chi connectivity index (χ2v) is 11.5. The number of para-hydroxylation sites is 1. The fourth-order valence-electron chi connectivity index (χ4n) is 3.85. The Hall–Kier alpha value is -5.79. The number of carboxylic acids is 2. The molecule has 0 aliphatic rings. The molecule has 1 heterocycles. The zero-order valence-corrected chi connectivity index (χ0v) is 25.6. The van der Waals surface area contributed by atoms with Crippen LogP contribution in [0, 0.1) is 6.92 Å². The lowest BCUT2D eigenvalue weighted by atomic mass is 10.1. The Labute approximate surface area is 268 Å². The Bertz CT molecular complexity index is 2010. The summed E-state index contributed by atoms with van der Waals surface area (Å²) in [5.41, 5.74) is 2.77. The van der Waals surface area contributed by atoms with Gasteiger partial charge in [0.25, 0.3) is 10.0 Å². The molecular weight excluding hydrogens is 634 g/mol. The predicted molar refractivity (Wildman–Crippen MR) is 174 cm³/mol. The van der Waals surface area contributed by atoms with Crippen LogP contribution in [0.15, 0.2) is 124 Å². The largest absolute Gasteiger partial charge is 0.507 e. The first-order valence-electron chi connectivity index (χ1n) is 13.3. The number of aromatic nitrogens is 1. The fourth-order valence-corrected chi connectivity index (χ4v) is 5.03. The minimum Gasteiger partial charge on any atom is -0.507 e. The summed E-state index contributed by atoms with van der Waals surface area (Å²) < 4.78 is 27.0. The summed E-state index contributed by atoms with van der Waals surface area (Å²) >= 11 is 6.03. The number of hydrogen-bond acceptors (Lipinski definition) is 9. The Balaban J connectivity index is 0.000000230. The maximum Gasteiger partial charge on any atom is 0.339 e. The molecule has 12 nitrogen and oxygen atoms in total. The van der Waals surface area contributed by atoms with Gasteiger partial charge in [0.15, 0.2) is 0 Å². The van der Waals surface area contributed by atoms with E-state index in [0.717, 1.165) is 11.3 Å². The third kappa shape index (κ3) is 8.65. The van der Waals surface area contributed by atoms with Crippen molar-refractivity contribution in [2.24, 2.45) is 10.2 Å². The van der Waals surface area contributed by atoms with E-state index in [1.807, 2.05) is 19.1 Å². The number of sulfonamides is 1. The molecule has 0 saturated heterocycles. The van der Waals surface area contributed by atoms with E-state index < -0.39 is 22.0 Å². The van der Waals surface area contributed by atoms with Crippen LogP contribution in [0.3, 0.4) is 0 Å². The fraction of sp³-hybridized carbons (Fsp3) is 0.0312. The minimum atomic E-state index is -3.79. The number of rotatable bonds is 9. The second-order valence-electron chi connectivity index (χ2n) is 9.41. The van der Waals surface area contributed by atoms with Gasteiger partial charge in [0.1, 0.15) is 17.1 Å². The quantitative estimate of drug-likeness (QED) is 0.0982. The summed E-state index contributed by atoms with van der Waals surface area (Å²) in [5, 5.41) is 39.1. The van der Waals surface area contributed by atoms with Crippen LogP contribution >= 0.6 is 11.6 Å². The number of aromatic hydroxyl groups is 1. The van der Waals surface area contributed by atoms with Gasteiger partial charge in [-0.15, -0.1) is 0 Å². The summed E-state index contributed by atoms with van der Waals surface area (Å²) in [6.07, 6.45) is 1.47. The number of anilines is 3. The molecule has 0 spiro atoms. The number of phenols is 1. The van der Waals surface area contributed by atoms with Crippen LogP contribution in [0.25, 0.3) is 0 Å². The van der Waals surface area contributed by atoms with E-state index in [1.165, 1.54) is 54.7 Å². The number of hydrogen-bond donors (Lipinski definition) is 5. The maximum atomic E-state index is 12.3. The van der Waals surface area contributed by atoms with Crippen molar-refractivity contribution in [2.75, 3.05) is 10.0 Å². The number of nitrogens with zero attached hydrogens (tertiary/aromatic N) is 3. The molecular formula is C32H26ClN5O7S. The average Bonchev–Trinajstić information content (AvgIpc) is 3.04. The molecule has 234 valence electrons. The molecule has 0 amide bonds. The Morgan fingerprint density at radius 3 is 2.07 bits per heavy atom. The van der Waals surface area contributed by atoms with Crippen LogP contribution < -0.4 is 10.0 Å². The van der Waals surface area contributed by atoms with Gasteiger partial charge in [0, 0.05) is 16.9 Å². The van der Waals surface area contributed by atoms with Crippen LogP contribution in [-0.4, -0.2) is 40.7 Å². The number of carbonyl (C=O) groups is 2. The zero-order chi connectivity index (χ0) is 33.3. The van der Waals surface area contributed by atoms with Crippen molar-refractivity contribution < 1.29 is 33.3 Å². The van der Waals surface area contributed by atoms with E-state index in [2.05, 4.69) is 25.3 Å². The van der Waals surface area contributed by atoms with Gasteiger partial charge in [0.2, 0.25) is 0 Å². The SMILES string of the molecule is Cc1c(Cl)cccc1Nc1ccccc1C(=O)O.O=C(O)c1cc(N=Nc2ccc(S(=O)(=O)Nc3ccccn3)cc2)ccc1O. The maximum absolute atomic E-state index is 12.3. The number of benzene rings is 4. The molecule has 0 aliphatic heterocycles. The highest BCUT2D eigenvalue weighted by atomic mass is 35.5. The van der Waals surface area contributed by atoms with Crippen molar-refractivity contribution in [3.05, 3.63) is 131 Å². The van der Waals surface area contributed by atoms with Crippen molar-refractivity contribution in [1.82, 2.24) is 4.98 Å². The van der Waals surface area contributed by atoms with Crippen LogP contribution in [-0.2, 0) is 10.0 Å². The van der Waals surface area contributed by atoms with E-state index in [4.69, 9.17) is 21.8 Å². The van der Waals surface area contributed by atoms with Crippen LogP contribution in [0.2, 0.25) is 5.02 Å². The molecule has 0 fully saturated rings. The van der Waals surface area contributed by atoms with Crippen LogP contribution in [0.1, 0.15) is 26.3 Å². The van der Waals surface area contributed by atoms with Crippen molar-refractivity contribution in [2.45, 2.75) is 11.8 Å². The molecule has 5 N–H and O–H groups in total. The summed E-state index contributed by atoms with van der Waals surface area (Å²) in [7, 11) is -3.79. The van der Waals surface area contributed by atoms with E-state index in [1.54, 1.807) is 42.5 Å². The highest BCUT2D eigenvalue weighted by Gasteiger charge is 2.15. The Morgan fingerprint density at radius 2 is 1.39 bits per heavy atom. The molecule has 0 bridgehead atoms. The lowest BCUT2D eigenvalue weighted by Crippen LogP contribution is -2.13. The number of pyridine rings is 1. The molecule has 46 heavy (non-hydrogen) atoms. The topological polar surface area (TPSA) is 191 Å². The molecule has 14 heteroatoms. The van der Waals surface area contributed by atoms with Gasteiger partial charge < -0.3 is 20.6 Å². The highest BCUT2D eigenvalue weighted by Crippen LogP contribution is 2.28. The normalized spacial score (nSPS) is 10.9. The standard InChI is InChI=1S/C18H14N4O5S.C14H12ClNO2/c23-16-9-6-13(11-15(16)18(24)25)21-20-12-4-7-14(8-5-12)28(26,27)22-17-3-1-2-10-19-17;1-9-11(15)6-4-8-12(9)16-13-7-3-2-5-10(13)14(17)18/h1-11,23H,(H,19,22)(H,24,25);2-8,16H,1H3,(H,17,18). The second kappa shape index (κ2) is 14.8. The van der Waals surface area contributed by atoms with Gasteiger partial charge in [0.05, 0.1) is 27.5 Å². The Kier molecular flexibility index (Phi) is 10.6. The molecule has 0 radical (unpaired) electrons. The summed E-state index contributed by atoms with van der Waals surface area (Å²) in [6, 6.07) is 26.5. The van der Waals surface area contributed by atoms with Gasteiger partial charge in [-0.05, 0) is 91.3 Å². The first-order valence-corrected chi connectivity index (χ1v) is 15.2. The third-order valence-electron chi connectivity index (χ3n) is 6.24. The van der Waals surface area contributed by atoms with Crippen LogP contribution in [0.4, 0.5) is 28.6 Å². The average molecular weight is 660 g/mol. The molecule has 4 aromatic carbocycles. The van der Waals surface area contributed by atoms with Gasteiger partial charge in [-0.3, -0.25) is 4.72 Å². The van der Waals surface area contributed by atoms with Gasteiger partial charge in [-0.25, -0.2) is 23.0 Å². The van der Waals surface area contributed by atoms with Crippen molar-refractivity contribution in [1.29, 1.82) is 0 Å². The molecule has 1 aromatic heterocycles. The molecule has 0 aliphatic carbocycles. The molecule has 0 unspecified atom stereocenters. The summed E-state index contributed by atoms with van der Waals surface area (Å²) in [4.78, 5) is 26.0. The number of carboxylic acid groups (broad SMARTS) is 2. The first-order chi connectivity index (χ1) is 21.9. The number of aromatic carboxylic acids is 2. The van der Waals surface area contributed by atoms with E-state index in [-0.39, 0.29) is 33.3 Å². The van der Waals surface area contributed by atoms with Crippen LogP contribution in [0.5, 0.6) is 5.75 Å². The zero-order valence-electron chi connectivity index (χ0n) is 24.0. The van der Waals surface area contributed by atoms with Gasteiger partial charge >= 0.3 is 11.9 Å². The van der Waals surface area contributed by atoms with Gasteiger partial charge in [-0.2, -0.15) is 10.2 Å². The molecule has 0 atom stereocenters. The molecule has 5 rings (SSSR count). The minimum absolute atomic E-state index is 0.0231. The van der Waals surface area contributed by atoms with Crippen molar-refractivity contribution >= 4 is 62.1 Å². The third-order valence-corrected chi connectivity index (χ3v) is 8.02. The van der Waals surface area contributed by atoms with Crippen molar-refractivity contribution in [3.63, 3.8) is 0 Å². The number of nitrogens with one attached hydrogen (secondary N) is 2. The van der Waals surface area contributed by atoms with E-state index in [9.17, 15) is 23.1 Å². The summed E-state index contributed by atoms with van der Waals surface area (Å²) in [6.45, 7) is 1.88. The number of azo groups is 1. The van der Waals surface area contributed by atoms with Crippen molar-refractivity contribution in [3.8, 4) is 5.75 Å². The highest BCUT2D eigenvalue weighted by molar-refractivity contribution is 7.92. The Morgan fingerprint density at radius 1 is 0.761 bits per heavy atom. The lowest BCUT2D eigenvalue weighted by molar-refractivity contribution is 0.0684. The monoisotopic (exact) mass is 659 g/mol. The predicted octanol–water partition coefficient (Wildman–Crippen LogP) is 7.79. The van der Waals surface area contributed by atoms with E-state index in [0.29, 0.717) is 16.4 Å².